The molecule has 3 aromatic rings. The average molecular weight is 391 g/mol. The van der Waals surface area contributed by atoms with E-state index in [2.05, 4.69) is 30.0 Å². The number of amides is 3. The number of hydrogen-bond acceptors (Lipinski definition) is 3. The molecule has 0 bridgehead atoms. The number of carbonyl (C=O) groups is 2. The van der Waals surface area contributed by atoms with Crippen molar-refractivity contribution in [1.29, 1.82) is 0 Å². The zero-order valence-electron chi connectivity index (χ0n) is 16.7. The fraction of sp³-hybridized carbons (Fsp3) is 0.217. The van der Waals surface area contributed by atoms with E-state index in [1.54, 1.807) is 6.92 Å². The second-order valence-corrected chi connectivity index (χ2v) is 7.11. The van der Waals surface area contributed by atoms with Gasteiger partial charge in [-0.25, -0.2) is 10.2 Å². The summed E-state index contributed by atoms with van der Waals surface area (Å²) in [6.45, 7) is 5.83. The first-order chi connectivity index (χ1) is 13.9. The van der Waals surface area contributed by atoms with Crippen LogP contribution in [0.5, 0.6) is 5.75 Å². The SMILES string of the molecule is CC(C)c1ccc(NC(=O)NNC(=O)[C@@H](C)Oc2ccc3ccccc3c2)cc1. The Labute approximate surface area is 170 Å². The van der Waals surface area contributed by atoms with Crippen LogP contribution >= 0.6 is 0 Å². The van der Waals surface area contributed by atoms with Crippen molar-refractivity contribution in [2.24, 2.45) is 0 Å². The van der Waals surface area contributed by atoms with E-state index >= 15 is 0 Å². The third-order valence-electron chi connectivity index (χ3n) is 4.54. The van der Waals surface area contributed by atoms with Gasteiger partial charge in [0.15, 0.2) is 6.10 Å². The lowest BCUT2D eigenvalue weighted by molar-refractivity contribution is -0.127. The fourth-order valence-electron chi connectivity index (χ4n) is 2.83. The van der Waals surface area contributed by atoms with Gasteiger partial charge in [0.2, 0.25) is 0 Å². The highest BCUT2D eigenvalue weighted by molar-refractivity contribution is 5.91. The minimum atomic E-state index is -0.776. The summed E-state index contributed by atoms with van der Waals surface area (Å²) in [6.07, 6.45) is -0.776. The van der Waals surface area contributed by atoms with Crippen LogP contribution in [0, 0.1) is 0 Å². The number of urea groups is 1. The highest BCUT2D eigenvalue weighted by Crippen LogP contribution is 2.21. The molecule has 0 fully saturated rings. The maximum Gasteiger partial charge on any atom is 0.337 e. The van der Waals surface area contributed by atoms with Crippen molar-refractivity contribution in [2.45, 2.75) is 32.8 Å². The topological polar surface area (TPSA) is 79.5 Å². The largest absolute Gasteiger partial charge is 0.481 e. The Morgan fingerprint density at radius 3 is 2.21 bits per heavy atom. The predicted molar refractivity (Wildman–Crippen MR) is 115 cm³/mol. The molecule has 0 saturated heterocycles. The van der Waals surface area contributed by atoms with E-state index < -0.39 is 18.0 Å². The van der Waals surface area contributed by atoms with Crippen LogP contribution < -0.4 is 20.9 Å². The molecule has 0 saturated carbocycles. The molecule has 0 aliphatic heterocycles. The lowest BCUT2D eigenvalue weighted by Gasteiger charge is -2.16. The van der Waals surface area contributed by atoms with Crippen molar-refractivity contribution < 1.29 is 14.3 Å². The normalized spacial score (nSPS) is 11.7. The van der Waals surface area contributed by atoms with Crippen molar-refractivity contribution in [2.75, 3.05) is 5.32 Å². The van der Waals surface area contributed by atoms with Crippen LogP contribution in [-0.2, 0) is 4.79 Å². The van der Waals surface area contributed by atoms with Crippen LogP contribution in [0.1, 0.15) is 32.3 Å². The first kappa shape index (κ1) is 20.2. The molecule has 3 N–H and O–H groups in total. The van der Waals surface area contributed by atoms with Crippen LogP contribution in [0.3, 0.4) is 0 Å². The molecule has 3 aromatic carbocycles. The summed E-state index contributed by atoms with van der Waals surface area (Å²) in [6, 6.07) is 20.5. The monoisotopic (exact) mass is 391 g/mol. The maximum absolute atomic E-state index is 12.2. The Morgan fingerprint density at radius 1 is 0.828 bits per heavy atom. The molecule has 29 heavy (non-hydrogen) atoms. The number of ether oxygens (including phenoxy) is 1. The Morgan fingerprint density at radius 2 is 1.52 bits per heavy atom. The standard InChI is InChI=1S/C23H25N3O3/c1-15(2)17-8-11-20(12-9-17)24-23(28)26-25-22(27)16(3)29-21-13-10-18-6-4-5-7-19(18)14-21/h4-16H,1-3H3,(H,25,27)(H2,24,26,28)/t16-/m1/s1. The highest BCUT2D eigenvalue weighted by Gasteiger charge is 2.15. The van der Waals surface area contributed by atoms with Gasteiger partial charge in [-0.1, -0.05) is 56.3 Å². The molecule has 3 rings (SSSR count). The smallest absolute Gasteiger partial charge is 0.337 e. The van der Waals surface area contributed by atoms with E-state index in [1.165, 1.54) is 5.56 Å². The summed E-state index contributed by atoms with van der Waals surface area (Å²) in [5.41, 5.74) is 6.52. The van der Waals surface area contributed by atoms with Crippen LogP contribution in [0.25, 0.3) is 10.8 Å². The molecule has 150 valence electrons. The lowest BCUT2D eigenvalue weighted by atomic mass is 10.0. The molecule has 6 heteroatoms. The number of benzene rings is 3. The van der Waals surface area contributed by atoms with Crippen molar-refractivity contribution >= 4 is 28.4 Å². The van der Waals surface area contributed by atoms with Gasteiger partial charge in [-0.2, -0.15) is 0 Å². The third-order valence-corrected chi connectivity index (χ3v) is 4.54. The first-order valence-corrected chi connectivity index (χ1v) is 9.54. The Balaban J connectivity index is 1.49. The summed E-state index contributed by atoms with van der Waals surface area (Å²) in [4.78, 5) is 24.2. The van der Waals surface area contributed by atoms with Crippen LogP contribution in [0.2, 0.25) is 0 Å². The fourth-order valence-corrected chi connectivity index (χ4v) is 2.83. The number of rotatable bonds is 5. The van der Waals surface area contributed by atoms with Crippen LogP contribution in [0.4, 0.5) is 10.5 Å². The van der Waals surface area contributed by atoms with Crippen molar-refractivity contribution in [3.8, 4) is 5.75 Å². The molecule has 0 heterocycles. The second-order valence-electron chi connectivity index (χ2n) is 7.11. The average Bonchev–Trinajstić information content (AvgIpc) is 2.72. The van der Waals surface area contributed by atoms with Gasteiger partial charge in [-0.15, -0.1) is 0 Å². The molecule has 0 radical (unpaired) electrons. The van der Waals surface area contributed by atoms with E-state index in [1.807, 2.05) is 66.7 Å². The summed E-state index contributed by atoms with van der Waals surface area (Å²) in [7, 11) is 0. The molecule has 0 aromatic heterocycles. The van der Waals surface area contributed by atoms with E-state index in [0.29, 0.717) is 17.4 Å². The second kappa shape index (κ2) is 9.10. The van der Waals surface area contributed by atoms with Gasteiger partial charge in [-0.3, -0.25) is 10.2 Å². The van der Waals surface area contributed by atoms with Crippen LogP contribution in [-0.4, -0.2) is 18.0 Å². The van der Waals surface area contributed by atoms with Gasteiger partial charge in [0.05, 0.1) is 0 Å². The number of nitrogens with one attached hydrogen (secondary N) is 3. The van der Waals surface area contributed by atoms with E-state index in [9.17, 15) is 9.59 Å². The number of hydrogen-bond donors (Lipinski definition) is 3. The number of anilines is 1. The summed E-state index contributed by atoms with van der Waals surface area (Å²) in [5, 5.41) is 4.79. The van der Waals surface area contributed by atoms with Crippen molar-refractivity contribution in [1.82, 2.24) is 10.9 Å². The molecule has 3 amide bonds. The summed E-state index contributed by atoms with van der Waals surface area (Å²) in [5.74, 6) is 0.547. The molecule has 0 spiro atoms. The van der Waals surface area contributed by atoms with E-state index in [-0.39, 0.29) is 0 Å². The first-order valence-electron chi connectivity index (χ1n) is 9.54. The van der Waals surface area contributed by atoms with Gasteiger partial charge < -0.3 is 10.1 Å². The summed E-state index contributed by atoms with van der Waals surface area (Å²) < 4.78 is 5.69. The van der Waals surface area contributed by atoms with Gasteiger partial charge in [0, 0.05) is 5.69 Å². The van der Waals surface area contributed by atoms with Gasteiger partial charge in [-0.05, 0) is 53.4 Å². The predicted octanol–water partition coefficient (Wildman–Crippen LogP) is 4.58. The molecule has 1 atom stereocenters. The van der Waals surface area contributed by atoms with Gasteiger partial charge >= 0.3 is 6.03 Å². The lowest BCUT2D eigenvalue weighted by Crippen LogP contribution is -2.48. The number of fused-ring (bicyclic) bond motifs is 1. The Kier molecular flexibility index (Phi) is 6.34. The Hall–Kier alpha value is -3.54. The third kappa shape index (κ3) is 5.48. The molecule has 6 nitrogen and oxygen atoms in total. The quantitative estimate of drug-likeness (QED) is 0.557. The van der Waals surface area contributed by atoms with Crippen LogP contribution in [0.15, 0.2) is 66.7 Å². The molecule has 0 aliphatic rings. The van der Waals surface area contributed by atoms with Gasteiger partial charge in [0.25, 0.3) is 5.91 Å². The molecule has 0 unspecified atom stereocenters. The Bertz CT molecular complexity index is 1000. The number of carbonyl (C=O) groups excluding carboxylic acids is 2. The molecule has 0 aliphatic carbocycles. The zero-order chi connectivity index (χ0) is 20.8. The van der Waals surface area contributed by atoms with Gasteiger partial charge in [0.1, 0.15) is 5.75 Å². The highest BCUT2D eigenvalue weighted by atomic mass is 16.5. The van der Waals surface area contributed by atoms with Crippen molar-refractivity contribution in [3.63, 3.8) is 0 Å². The zero-order valence-corrected chi connectivity index (χ0v) is 16.7. The number of hydrazine groups is 1. The molecular formula is C23H25N3O3. The summed E-state index contributed by atoms with van der Waals surface area (Å²) >= 11 is 0. The van der Waals surface area contributed by atoms with Crippen molar-refractivity contribution in [3.05, 3.63) is 72.3 Å². The minimum absolute atomic E-state index is 0.418. The van der Waals surface area contributed by atoms with E-state index in [0.717, 1.165) is 10.8 Å². The van der Waals surface area contributed by atoms with E-state index in [4.69, 9.17) is 4.74 Å². The maximum atomic E-state index is 12.2. The minimum Gasteiger partial charge on any atom is -0.481 e. The molecular weight excluding hydrogens is 366 g/mol.